The summed E-state index contributed by atoms with van der Waals surface area (Å²) in [4.78, 5) is 21.4. The van der Waals surface area contributed by atoms with Crippen molar-refractivity contribution in [3.63, 3.8) is 0 Å². The third kappa shape index (κ3) is 3.65. The summed E-state index contributed by atoms with van der Waals surface area (Å²) in [5.74, 6) is 0.334. The molecule has 0 radical (unpaired) electrons. The lowest BCUT2D eigenvalue weighted by atomic mass is 9.93. The van der Waals surface area contributed by atoms with E-state index in [4.69, 9.17) is 4.74 Å². The van der Waals surface area contributed by atoms with Crippen LogP contribution in [0.2, 0.25) is 0 Å². The lowest BCUT2D eigenvalue weighted by molar-refractivity contribution is -0.145. The van der Waals surface area contributed by atoms with Gasteiger partial charge in [-0.2, -0.15) is 0 Å². The molecule has 0 saturated carbocycles. The monoisotopic (exact) mass is 303 g/mol. The summed E-state index contributed by atoms with van der Waals surface area (Å²) in [7, 11) is 0. The SMILES string of the molecule is CC1OCCCC1C(=O)N1CCN(Cc2ccccn2)CC1. The van der Waals surface area contributed by atoms with E-state index in [0.717, 1.165) is 57.9 Å². The summed E-state index contributed by atoms with van der Waals surface area (Å²) in [6.07, 6.45) is 3.86. The fraction of sp³-hybridized carbons (Fsp3) is 0.647. The van der Waals surface area contributed by atoms with Crippen LogP contribution < -0.4 is 0 Å². The number of hydrogen-bond acceptors (Lipinski definition) is 4. The first-order chi connectivity index (χ1) is 10.7. The average Bonchev–Trinajstić information content (AvgIpc) is 2.56. The van der Waals surface area contributed by atoms with E-state index in [-0.39, 0.29) is 17.9 Å². The zero-order chi connectivity index (χ0) is 15.4. The van der Waals surface area contributed by atoms with Crippen LogP contribution in [-0.4, -0.2) is 59.6 Å². The number of hydrogen-bond donors (Lipinski definition) is 0. The van der Waals surface area contributed by atoms with Gasteiger partial charge in [0.2, 0.25) is 5.91 Å². The highest BCUT2D eigenvalue weighted by Gasteiger charge is 2.33. The summed E-state index contributed by atoms with van der Waals surface area (Å²) in [5, 5.41) is 0. The molecule has 1 aromatic heterocycles. The summed E-state index contributed by atoms with van der Waals surface area (Å²) in [6.45, 7) is 7.16. The van der Waals surface area contributed by atoms with E-state index in [2.05, 4.69) is 16.0 Å². The molecule has 2 aliphatic heterocycles. The van der Waals surface area contributed by atoms with Crippen LogP contribution in [0.5, 0.6) is 0 Å². The zero-order valence-corrected chi connectivity index (χ0v) is 13.3. The molecule has 0 aromatic carbocycles. The Labute approximate surface area is 132 Å². The molecule has 3 heterocycles. The van der Waals surface area contributed by atoms with E-state index in [1.165, 1.54) is 0 Å². The molecule has 2 fully saturated rings. The van der Waals surface area contributed by atoms with Gasteiger partial charge < -0.3 is 9.64 Å². The molecule has 120 valence electrons. The van der Waals surface area contributed by atoms with Crippen LogP contribution in [0, 0.1) is 5.92 Å². The molecule has 5 heteroatoms. The van der Waals surface area contributed by atoms with Gasteiger partial charge in [-0.15, -0.1) is 0 Å². The molecule has 2 saturated heterocycles. The Morgan fingerprint density at radius 1 is 1.32 bits per heavy atom. The normalized spacial score (nSPS) is 26.9. The van der Waals surface area contributed by atoms with Crippen molar-refractivity contribution in [3.05, 3.63) is 30.1 Å². The lowest BCUT2D eigenvalue weighted by Crippen LogP contribution is -2.52. The molecular weight excluding hydrogens is 278 g/mol. The van der Waals surface area contributed by atoms with E-state index >= 15 is 0 Å². The van der Waals surface area contributed by atoms with Crippen LogP contribution in [0.15, 0.2) is 24.4 Å². The van der Waals surface area contributed by atoms with Gasteiger partial charge in [0.15, 0.2) is 0 Å². The van der Waals surface area contributed by atoms with Gasteiger partial charge in [-0.25, -0.2) is 0 Å². The second-order valence-electron chi connectivity index (χ2n) is 6.25. The van der Waals surface area contributed by atoms with Crippen LogP contribution in [0.3, 0.4) is 0 Å². The lowest BCUT2D eigenvalue weighted by Gasteiger charge is -2.38. The number of carbonyl (C=O) groups excluding carboxylic acids is 1. The maximum absolute atomic E-state index is 12.6. The maximum atomic E-state index is 12.6. The highest BCUT2D eigenvalue weighted by atomic mass is 16.5. The number of carbonyl (C=O) groups is 1. The highest BCUT2D eigenvalue weighted by Crippen LogP contribution is 2.23. The third-order valence-electron chi connectivity index (χ3n) is 4.72. The molecule has 1 aromatic rings. The Balaban J connectivity index is 1.50. The molecule has 2 unspecified atom stereocenters. The molecule has 22 heavy (non-hydrogen) atoms. The van der Waals surface area contributed by atoms with Crippen LogP contribution in [0.4, 0.5) is 0 Å². The van der Waals surface area contributed by atoms with Gasteiger partial charge in [0.05, 0.1) is 17.7 Å². The van der Waals surface area contributed by atoms with Gasteiger partial charge in [-0.3, -0.25) is 14.7 Å². The fourth-order valence-electron chi connectivity index (χ4n) is 3.33. The predicted molar refractivity (Wildman–Crippen MR) is 84.2 cm³/mol. The minimum absolute atomic E-state index is 0.0519. The minimum atomic E-state index is 0.0519. The van der Waals surface area contributed by atoms with Gasteiger partial charge >= 0.3 is 0 Å². The van der Waals surface area contributed by atoms with E-state index < -0.39 is 0 Å². The van der Waals surface area contributed by atoms with Gasteiger partial charge in [-0.05, 0) is 31.9 Å². The van der Waals surface area contributed by atoms with Crippen molar-refractivity contribution in [2.75, 3.05) is 32.8 Å². The smallest absolute Gasteiger partial charge is 0.228 e. The van der Waals surface area contributed by atoms with Gasteiger partial charge in [0.25, 0.3) is 0 Å². The molecule has 5 nitrogen and oxygen atoms in total. The molecule has 0 aliphatic carbocycles. The van der Waals surface area contributed by atoms with Crippen molar-refractivity contribution in [2.24, 2.45) is 5.92 Å². The fourth-order valence-corrected chi connectivity index (χ4v) is 3.33. The Morgan fingerprint density at radius 3 is 2.82 bits per heavy atom. The summed E-state index contributed by atoms with van der Waals surface area (Å²) in [6, 6.07) is 6.01. The van der Waals surface area contributed by atoms with E-state index in [1.807, 2.05) is 30.2 Å². The van der Waals surface area contributed by atoms with E-state index in [1.54, 1.807) is 0 Å². The second kappa shape index (κ2) is 7.20. The summed E-state index contributed by atoms with van der Waals surface area (Å²) >= 11 is 0. The first kappa shape index (κ1) is 15.4. The molecule has 2 atom stereocenters. The van der Waals surface area contributed by atoms with Crippen LogP contribution in [-0.2, 0) is 16.1 Å². The second-order valence-corrected chi connectivity index (χ2v) is 6.25. The summed E-state index contributed by atoms with van der Waals surface area (Å²) < 4.78 is 5.64. The van der Waals surface area contributed by atoms with Gasteiger partial charge in [0.1, 0.15) is 0 Å². The Hall–Kier alpha value is -1.46. The number of amides is 1. The number of ether oxygens (including phenoxy) is 1. The zero-order valence-electron chi connectivity index (χ0n) is 13.3. The molecule has 2 aliphatic rings. The van der Waals surface area contributed by atoms with Crippen molar-refractivity contribution in [1.29, 1.82) is 0 Å². The van der Waals surface area contributed by atoms with Crippen molar-refractivity contribution >= 4 is 5.91 Å². The molecule has 0 spiro atoms. The number of piperazine rings is 1. The number of rotatable bonds is 3. The Morgan fingerprint density at radius 2 is 2.14 bits per heavy atom. The van der Waals surface area contributed by atoms with Crippen molar-refractivity contribution in [3.8, 4) is 0 Å². The first-order valence-corrected chi connectivity index (χ1v) is 8.26. The quantitative estimate of drug-likeness (QED) is 0.850. The largest absolute Gasteiger partial charge is 0.378 e. The van der Waals surface area contributed by atoms with Crippen molar-refractivity contribution < 1.29 is 9.53 Å². The number of aromatic nitrogens is 1. The average molecular weight is 303 g/mol. The molecule has 1 amide bonds. The van der Waals surface area contributed by atoms with Crippen LogP contribution in [0.1, 0.15) is 25.5 Å². The predicted octanol–water partition coefficient (Wildman–Crippen LogP) is 1.54. The van der Waals surface area contributed by atoms with Crippen LogP contribution in [0.25, 0.3) is 0 Å². The van der Waals surface area contributed by atoms with Crippen LogP contribution >= 0.6 is 0 Å². The topological polar surface area (TPSA) is 45.7 Å². The summed E-state index contributed by atoms with van der Waals surface area (Å²) in [5.41, 5.74) is 1.09. The molecule has 0 N–H and O–H groups in total. The minimum Gasteiger partial charge on any atom is -0.378 e. The van der Waals surface area contributed by atoms with E-state index in [0.29, 0.717) is 0 Å². The number of pyridine rings is 1. The third-order valence-corrected chi connectivity index (χ3v) is 4.72. The maximum Gasteiger partial charge on any atom is 0.228 e. The van der Waals surface area contributed by atoms with E-state index in [9.17, 15) is 4.79 Å². The molecular formula is C17H25N3O2. The number of nitrogens with zero attached hydrogens (tertiary/aromatic N) is 3. The van der Waals surface area contributed by atoms with Gasteiger partial charge in [0, 0.05) is 45.5 Å². The van der Waals surface area contributed by atoms with Crippen molar-refractivity contribution in [2.45, 2.75) is 32.4 Å². The molecule has 3 rings (SSSR count). The molecule has 0 bridgehead atoms. The van der Waals surface area contributed by atoms with Gasteiger partial charge in [-0.1, -0.05) is 6.07 Å². The first-order valence-electron chi connectivity index (χ1n) is 8.26. The Bertz CT molecular complexity index is 486. The van der Waals surface area contributed by atoms with Crippen molar-refractivity contribution in [1.82, 2.24) is 14.8 Å². The highest BCUT2D eigenvalue weighted by molar-refractivity contribution is 5.79. The standard InChI is InChI=1S/C17H25N3O2/c1-14-16(6-4-12-22-14)17(21)20-10-8-19(9-11-20)13-15-5-2-3-7-18-15/h2-3,5,7,14,16H,4,6,8-13H2,1H3. The Kier molecular flexibility index (Phi) is 5.05.